The molecular formula is C14H20N4O2S. The van der Waals surface area contributed by atoms with E-state index in [1.807, 2.05) is 11.8 Å². The van der Waals surface area contributed by atoms with Gasteiger partial charge in [-0.25, -0.2) is 4.98 Å². The largest absolute Gasteiger partial charge is 0.334 e. The van der Waals surface area contributed by atoms with Gasteiger partial charge in [-0.2, -0.15) is 0 Å². The Labute approximate surface area is 127 Å². The minimum absolute atomic E-state index is 0.171. The second kappa shape index (κ2) is 6.19. The van der Waals surface area contributed by atoms with Crippen LogP contribution in [-0.2, 0) is 6.54 Å². The summed E-state index contributed by atoms with van der Waals surface area (Å²) in [4.78, 5) is 31.4. The fourth-order valence-electron chi connectivity index (χ4n) is 2.92. The third-order valence-corrected chi connectivity index (χ3v) is 4.96. The number of amides is 1. The van der Waals surface area contributed by atoms with E-state index in [4.69, 9.17) is 0 Å². The number of thioether (sulfide) groups is 1. The third kappa shape index (κ3) is 2.72. The Bertz CT molecular complexity index is 595. The first-order valence-corrected chi connectivity index (χ1v) is 8.45. The zero-order chi connectivity index (χ0) is 14.8. The van der Waals surface area contributed by atoms with E-state index < -0.39 is 0 Å². The zero-order valence-corrected chi connectivity index (χ0v) is 13.0. The standard InChI is InChI=1S/C14H20N4O2S/c1-2-5-17(10-3-4-15-8-10)12(19)11-9-16-14-18(13(11)20)6-7-21-14/h9-10,15H,2-8H2,1H3. The molecule has 1 aromatic rings. The molecule has 1 aromatic heterocycles. The molecule has 0 aromatic carbocycles. The highest BCUT2D eigenvalue weighted by Crippen LogP contribution is 2.21. The van der Waals surface area contributed by atoms with Crippen LogP contribution in [0.5, 0.6) is 0 Å². The summed E-state index contributed by atoms with van der Waals surface area (Å²) in [6.07, 6.45) is 3.29. The van der Waals surface area contributed by atoms with E-state index in [0.717, 1.165) is 36.8 Å². The van der Waals surface area contributed by atoms with Crippen molar-refractivity contribution in [3.05, 3.63) is 22.1 Å². The molecule has 0 radical (unpaired) electrons. The quantitative estimate of drug-likeness (QED) is 0.824. The predicted molar refractivity (Wildman–Crippen MR) is 81.8 cm³/mol. The minimum atomic E-state index is -0.193. The molecule has 0 bridgehead atoms. The van der Waals surface area contributed by atoms with Crippen molar-refractivity contribution >= 4 is 17.7 Å². The number of hydrogen-bond donors (Lipinski definition) is 1. The highest BCUT2D eigenvalue weighted by molar-refractivity contribution is 7.99. The summed E-state index contributed by atoms with van der Waals surface area (Å²) in [6.45, 7) is 5.11. The van der Waals surface area contributed by atoms with E-state index in [0.29, 0.717) is 13.1 Å². The van der Waals surface area contributed by atoms with Gasteiger partial charge in [-0.1, -0.05) is 18.7 Å². The van der Waals surface area contributed by atoms with Gasteiger partial charge in [0.2, 0.25) is 0 Å². The van der Waals surface area contributed by atoms with E-state index in [9.17, 15) is 9.59 Å². The Morgan fingerprint density at radius 3 is 3.19 bits per heavy atom. The number of nitrogens with one attached hydrogen (secondary N) is 1. The maximum Gasteiger partial charge on any atom is 0.267 e. The Morgan fingerprint density at radius 2 is 2.48 bits per heavy atom. The van der Waals surface area contributed by atoms with Crippen LogP contribution in [0, 0.1) is 0 Å². The second-order valence-corrected chi connectivity index (χ2v) is 6.47. The van der Waals surface area contributed by atoms with Crippen molar-refractivity contribution < 1.29 is 4.79 Å². The van der Waals surface area contributed by atoms with Gasteiger partial charge in [-0.05, 0) is 19.4 Å². The number of carbonyl (C=O) groups excluding carboxylic acids is 1. The van der Waals surface area contributed by atoms with Crippen LogP contribution in [0.25, 0.3) is 0 Å². The lowest BCUT2D eigenvalue weighted by Gasteiger charge is -2.28. The van der Waals surface area contributed by atoms with Crippen molar-refractivity contribution in [1.29, 1.82) is 0 Å². The van der Waals surface area contributed by atoms with Crippen LogP contribution >= 0.6 is 11.8 Å². The lowest BCUT2D eigenvalue weighted by molar-refractivity contribution is 0.0689. The molecule has 1 unspecified atom stereocenters. The van der Waals surface area contributed by atoms with Crippen molar-refractivity contribution in [3.8, 4) is 0 Å². The van der Waals surface area contributed by atoms with Crippen LogP contribution in [0.4, 0.5) is 0 Å². The molecule has 1 N–H and O–H groups in total. The van der Waals surface area contributed by atoms with Crippen molar-refractivity contribution in [2.45, 2.75) is 37.5 Å². The highest BCUT2D eigenvalue weighted by Gasteiger charge is 2.29. The molecule has 6 nitrogen and oxygen atoms in total. The molecule has 3 heterocycles. The fourth-order valence-corrected chi connectivity index (χ4v) is 3.83. The first-order valence-electron chi connectivity index (χ1n) is 7.46. The summed E-state index contributed by atoms with van der Waals surface area (Å²) < 4.78 is 1.62. The second-order valence-electron chi connectivity index (χ2n) is 5.40. The average molecular weight is 308 g/mol. The average Bonchev–Trinajstić information content (AvgIpc) is 3.15. The van der Waals surface area contributed by atoms with Gasteiger partial charge in [0.1, 0.15) is 5.56 Å². The molecule has 7 heteroatoms. The van der Waals surface area contributed by atoms with E-state index >= 15 is 0 Å². The number of nitrogens with zero attached hydrogens (tertiary/aromatic N) is 3. The maximum absolute atomic E-state index is 12.8. The molecule has 1 fully saturated rings. The van der Waals surface area contributed by atoms with Crippen molar-refractivity contribution in [1.82, 2.24) is 19.8 Å². The van der Waals surface area contributed by atoms with Gasteiger partial charge in [-0.15, -0.1) is 0 Å². The number of carbonyl (C=O) groups is 1. The highest BCUT2D eigenvalue weighted by atomic mass is 32.2. The van der Waals surface area contributed by atoms with Crippen LogP contribution in [0.3, 0.4) is 0 Å². The summed E-state index contributed by atoms with van der Waals surface area (Å²) in [6, 6.07) is 0.185. The number of aromatic nitrogens is 2. The summed E-state index contributed by atoms with van der Waals surface area (Å²) in [5.41, 5.74) is 0.0173. The van der Waals surface area contributed by atoms with Crippen LogP contribution in [0.2, 0.25) is 0 Å². The zero-order valence-electron chi connectivity index (χ0n) is 12.2. The summed E-state index contributed by atoms with van der Waals surface area (Å²) in [7, 11) is 0. The third-order valence-electron chi connectivity index (χ3n) is 3.99. The molecular weight excluding hydrogens is 288 g/mol. The van der Waals surface area contributed by atoms with Gasteiger partial charge in [-0.3, -0.25) is 14.2 Å². The van der Waals surface area contributed by atoms with Crippen LogP contribution in [-0.4, -0.2) is 51.8 Å². The van der Waals surface area contributed by atoms with Crippen molar-refractivity contribution in [2.24, 2.45) is 0 Å². The molecule has 1 atom stereocenters. The van der Waals surface area contributed by atoms with E-state index in [1.165, 1.54) is 6.20 Å². The SMILES string of the molecule is CCCN(C(=O)c1cnc2n(c1=O)CCS2)C1CCNC1. The van der Waals surface area contributed by atoms with Crippen LogP contribution in [0.1, 0.15) is 30.1 Å². The minimum Gasteiger partial charge on any atom is -0.334 e. The molecule has 2 aliphatic heterocycles. The maximum atomic E-state index is 12.8. The number of fused-ring (bicyclic) bond motifs is 1. The molecule has 0 saturated carbocycles. The van der Waals surface area contributed by atoms with Crippen LogP contribution in [0.15, 0.2) is 16.1 Å². The Kier molecular flexibility index (Phi) is 4.30. The predicted octanol–water partition coefficient (Wildman–Crippen LogP) is 0.563. The summed E-state index contributed by atoms with van der Waals surface area (Å²) in [5, 5.41) is 4.00. The Morgan fingerprint density at radius 1 is 1.62 bits per heavy atom. The normalized spacial score (nSPS) is 20.5. The van der Waals surface area contributed by atoms with Crippen molar-refractivity contribution in [2.75, 3.05) is 25.4 Å². The molecule has 3 rings (SSSR count). The number of hydrogen-bond acceptors (Lipinski definition) is 5. The molecule has 1 saturated heterocycles. The van der Waals surface area contributed by atoms with Gasteiger partial charge in [0.25, 0.3) is 11.5 Å². The lowest BCUT2D eigenvalue weighted by Crippen LogP contribution is -2.44. The molecule has 114 valence electrons. The first kappa shape index (κ1) is 14.6. The summed E-state index contributed by atoms with van der Waals surface area (Å²) in [5.74, 6) is 0.681. The monoisotopic (exact) mass is 308 g/mol. The molecule has 2 aliphatic rings. The topological polar surface area (TPSA) is 67.2 Å². The Hall–Kier alpha value is -1.34. The Balaban J connectivity index is 1.91. The molecule has 1 amide bonds. The fraction of sp³-hybridized carbons (Fsp3) is 0.643. The molecule has 0 aliphatic carbocycles. The van der Waals surface area contributed by atoms with Crippen molar-refractivity contribution in [3.63, 3.8) is 0 Å². The van der Waals surface area contributed by atoms with Gasteiger partial charge in [0.15, 0.2) is 5.16 Å². The smallest absolute Gasteiger partial charge is 0.267 e. The summed E-state index contributed by atoms with van der Waals surface area (Å²) >= 11 is 1.56. The molecule has 0 spiro atoms. The lowest BCUT2D eigenvalue weighted by atomic mass is 10.1. The number of rotatable bonds is 4. The van der Waals surface area contributed by atoms with Gasteiger partial charge in [0, 0.05) is 37.6 Å². The van der Waals surface area contributed by atoms with Gasteiger partial charge >= 0.3 is 0 Å². The van der Waals surface area contributed by atoms with E-state index in [1.54, 1.807) is 16.3 Å². The van der Waals surface area contributed by atoms with E-state index in [2.05, 4.69) is 10.3 Å². The first-order chi connectivity index (χ1) is 10.2. The van der Waals surface area contributed by atoms with Gasteiger partial charge < -0.3 is 10.2 Å². The van der Waals surface area contributed by atoms with E-state index in [-0.39, 0.29) is 23.1 Å². The van der Waals surface area contributed by atoms with Crippen LogP contribution < -0.4 is 10.9 Å². The molecule has 21 heavy (non-hydrogen) atoms. The van der Waals surface area contributed by atoms with Gasteiger partial charge in [0.05, 0.1) is 0 Å².